The second kappa shape index (κ2) is 10.3. The van der Waals surface area contributed by atoms with Gasteiger partial charge < -0.3 is 15.0 Å². The first kappa shape index (κ1) is 24.3. The highest BCUT2D eigenvalue weighted by molar-refractivity contribution is 7.91. The van der Waals surface area contributed by atoms with Crippen LogP contribution in [0, 0.1) is 0 Å². The number of anilines is 2. The predicted molar refractivity (Wildman–Crippen MR) is 140 cm³/mol. The number of halogens is 1. The summed E-state index contributed by atoms with van der Waals surface area (Å²) in [5.41, 5.74) is 1.74. The molecule has 0 spiro atoms. The molecular weight excluding hydrogens is 508 g/mol. The van der Waals surface area contributed by atoms with E-state index in [0.29, 0.717) is 15.8 Å². The number of benzene rings is 2. The van der Waals surface area contributed by atoms with Crippen molar-refractivity contribution in [2.45, 2.75) is 17.1 Å². The third-order valence-corrected chi connectivity index (χ3v) is 9.53. The highest BCUT2D eigenvalue weighted by Crippen LogP contribution is 2.38. The van der Waals surface area contributed by atoms with Gasteiger partial charge in [-0.25, -0.2) is 13.1 Å². The largest absolute Gasteiger partial charge is 0.479 e. The summed E-state index contributed by atoms with van der Waals surface area (Å²) in [5, 5.41) is 4.30. The summed E-state index contributed by atoms with van der Waals surface area (Å²) >= 11 is 7.27. The Bertz CT molecular complexity index is 1340. The fourth-order valence-corrected chi connectivity index (χ4v) is 7.10. The fraction of sp³-hybridized carbons (Fsp3) is 0.375. The summed E-state index contributed by atoms with van der Waals surface area (Å²) in [7, 11) is -3.52. The molecule has 0 aliphatic carbocycles. The van der Waals surface area contributed by atoms with E-state index in [1.807, 2.05) is 24.3 Å². The Balaban J connectivity index is 1.06. The van der Waals surface area contributed by atoms with Crippen molar-refractivity contribution in [2.75, 3.05) is 56.1 Å². The summed E-state index contributed by atoms with van der Waals surface area (Å²) in [6, 6.07) is 12.9. The molecule has 0 bridgehead atoms. The van der Waals surface area contributed by atoms with Gasteiger partial charge in [-0.15, -0.1) is 11.3 Å². The number of carbonyl (C=O) groups is 1. The molecule has 2 aromatic carbocycles. The molecule has 0 radical (unpaired) electrons. The van der Waals surface area contributed by atoms with Crippen molar-refractivity contribution in [2.24, 2.45) is 0 Å². The van der Waals surface area contributed by atoms with Crippen LogP contribution in [0.2, 0.25) is 5.02 Å². The van der Waals surface area contributed by atoms with E-state index in [0.717, 1.165) is 72.8 Å². The minimum Gasteiger partial charge on any atom is -0.479 e. The third-order valence-electron chi connectivity index (χ3n) is 6.24. The second-order valence-electron chi connectivity index (χ2n) is 8.67. The molecule has 2 aliphatic heterocycles. The van der Waals surface area contributed by atoms with Crippen molar-refractivity contribution < 1.29 is 17.9 Å². The first-order valence-electron chi connectivity index (χ1n) is 11.6. The van der Waals surface area contributed by atoms with E-state index in [4.69, 9.17) is 16.3 Å². The lowest BCUT2D eigenvalue weighted by Crippen LogP contribution is -2.47. The topological polar surface area (TPSA) is 91.0 Å². The maximum atomic E-state index is 12.7. The van der Waals surface area contributed by atoms with Gasteiger partial charge in [0, 0.05) is 42.4 Å². The number of piperazine rings is 1. The smallest absolute Gasteiger partial charge is 0.262 e. The average molecular weight is 535 g/mol. The number of nitrogens with zero attached hydrogens (tertiary/aromatic N) is 2. The molecule has 186 valence electrons. The van der Waals surface area contributed by atoms with E-state index in [-0.39, 0.29) is 12.5 Å². The number of fused-ring (bicyclic) bond motifs is 2. The number of amides is 1. The molecule has 35 heavy (non-hydrogen) atoms. The third kappa shape index (κ3) is 5.57. The van der Waals surface area contributed by atoms with Crippen LogP contribution in [0.1, 0.15) is 12.8 Å². The van der Waals surface area contributed by atoms with Crippen LogP contribution in [0.4, 0.5) is 11.4 Å². The summed E-state index contributed by atoms with van der Waals surface area (Å²) in [6.45, 7) is 4.97. The molecule has 1 aromatic heterocycles. The summed E-state index contributed by atoms with van der Waals surface area (Å²) < 4.78 is 35.0. The zero-order valence-electron chi connectivity index (χ0n) is 19.1. The Morgan fingerprint density at radius 2 is 1.91 bits per heavy atom. The molecule has 8 nitrogen and oxygen atoms in total. The van der Waals surface area contributed by atoms with E-state index in [1.54, 1.807) is 18.2 Å². The van der Waals surface area contributed by atoms with Gasteiger partial charge in [-0.2, -0.15) is 0 Å². The Morgan fingerprint density at radius 1 is 1.09 bits per heavy atom. The number of unbranched alkanes of at least 4 members (excludes halogenated alkanes) is 1. The van der Waals surface area contributed by atoms with Crippen LogP contribution in [0.5, 0.6) is 5.75 Å². The second-order valence-corrected chi connectivity index (χ2v) is 12.2. The highest BCUT2D eigenvalue weighted by atomic mass is 35.5. The van der Waals surface area contributed by atoms with Gasteiger partial charge >= 0.3 is 0 Å². The number of hydrogen-bond acceptors (Lipinski definition) is 7. The molecule has 3 aromatic rings. The van der Waals surface area contributed by atoms with Crippen LogP contribution in [0.15, 0.2) is 46.7 Å². The molecular formula is C24H27ClN4O4S2. The van der Waals surface area contributed by atoms with Crippen molar-refractivity contribution in [3.05, 3.63) is 47.5 Å². The number of carbonyl (C=O) groups excluding carboxylic acids is 1. The average Bonchev–Trinajstić information content (AvgIpc) is 3.28. The number of ether oxygens (including phenoxy) is 1. The SMILES string of the molecule is O=C1COc2c(cccc2N2CCN(CCCCNS(=O)(=O)c3cc4cc(Cl)ccc4s3)CC2)N1. The van der Waals surface area contributed by atoms with Gasteiger partial charge in [-0.05, 0) is 61.2 Å². The van der Waals surface area contributed by atoms with Crippen LogP contribution in [-0.4, -0.2) is 65.1 Å². The van der Waals surface area contributed by atoms with Crippen LogP contribution < -0.4 is 19.7 Å². The molecule has 2 N–H and O–H groups in total. The fourth-order valence-electron chi connectivity index (χ4n) is 4.42. The molecule has 0 unspecified atom stereocenters. The molecule has 5 rings (SSSR count). The minimum absolute atomic E-state index is 0.0466. The monoisotopic (exact) mass is 534 g/mol. The Hall–Kier alpha value is -2.37. The molecule has 2 aliphatic rings. The van der Waals surface area contributed by atoms with Crippen molar-refractivity contribution in [3.63, 3.8) is 0 Å². The maximum Gasteiger partial charge on any atom is 0.262 e. The molecule has 0 saturated carbocycles. The number of rotatable bonds is 8. The van der Waals surface area contributed by atoms with E-state index in [2.05, 4.69) is 19.8 Å². The predicted octanol–water partition coefficient (Wildman–Crippen LogP) is 3.77. The van der Waals surface area contributed by atoms with Crippen LogP contribution in [0.25, 0.3) is 10.1 Å². The van der Waals surface area contributed by atoms with Crippen LogP contribution in [-0.2, 0) is 14.8 Å². The van der Waals surface area contributed by atoms with E-state index in [1.165, 1.54) is 11.3 Å². The first-order valence-corrected chi connectivity index (χ1v) is 14.3. The minimum atomic E-state index is -3.52. The van der Waals surface area contributed by atoms with Crippen LogP contribution in [0.3, 0.4) is 0 Å². The Kier molecular flexibility index (Phi) is 7.17. The summed E-state index contributed by atoms with van der Waals surface area (Å²) in [6.07, 6.45) is 1.69. The van der Waals surface area contributed by atoms with Crippen LogP contribution >= 0.6 is 22.9 Å². The zero-order chi connectivity index (χ0) is 24.4. The molecule has 11 heteroatoms. The quantitative estimate of drug-likeness (QED) is 0.428. The number of hydrogen-bond donors (Lipinski definition) is 2. The summed E-state index contributed by atoms with van der Waals surface area (Å²) in [5.74, 6) is 0.616. The van der Waals surface area contributed by atoms with Crippen molar-refractivity contribution in [1.82, 2.24) is 9.62 Å². The zero-order valence-corrected chi connectivity index (χ0v) is 21.5. The van der Waals surface area contributed by atoms with Crippen molar-refractivity contribution in [3.8, 4) is 5.75 Å². The van der Waals surface area contributed by atoms with Gasteiger partial charge in [0.2, 0.25) is 10.0 Å². The molecule has 1 fully saturated rings. The van der Waals surface area contributed by atoms with Gasteiger partial charge in [0.1, 0.15) is 4.21 Å². The molecule has 1 amide bonds. The maximum absolute atomic E-state index is 12.7. The molecule has 0 atom stereocenters. The van der Waals surface area contributed by atoms with Gasteiger partial charge in [0.05, 0.1) is 11.4 Å². The number of nitrogens with one attached hydrogen (secondary N) is 2. The molecule has 3 heterocycles. The van der Waals surface area contributed by atoms with E-state index < -0.39 is 10.0 Å². The highest BCUT2D eigenvalue weighted by Gasteiger charge is 2.24. The lowest BCUT2D eigenvalue weighted by atomic mass is 10.2. The van der Waals surface area contributed by atoms with E-state index >= 15 is 0 Å². The Labute approximate surface area is 213 Å². The Morgan fingerprint density at radius 3 is 2.74 bits per heavy atom. The first-order chi connectivity index (χ1) is 16.9. The van der Waals surface area contributed by atoms with E-state index in [9.17, 15) is 13.2 Å². The van der Waals surface area contributed by atoms with Gasteiger partial charge in [0.25, 0.3) is 5.91 Å². The number of sulfonamides is 1. The standard InChI is InChI=1S/C24H27ClN4O4S2/c25-18-6-7-21-17(14-18)15-23(34-21)35(31,32)26-8-1-2-9-28-10-12-29(13-11-28)20-5-3-4-19-24(20)33-16-22(30)27-19/h3-7,14-15,26H,1-2,8-13,16H2,(H,27,30). The lowest BCUT2D eigenvalue weighted by molar-refractivity contribution is -0.118. The van der Waals surface area contributed by atoms with Crippen molar-refractivity contribution in [1.29, 1.82) is 0 Å². The lowest BCUT2D eigenvalue weighted by Gasteiger charge is -2.37. The van der Waals surface area contributed by atoms with Crippen molar-refractivity contribution >= 4 is 60.3 Å². The van der Waals surface area contributed by atoms with Gasteiger partial charge in [0.15, 0.2) is 12.4 Å². The number of thiophene rings is 1. The number of para-hydroxylation sites is 1. The normalized spacial score (nSPS) is 16.7. The summed E-state index contributed by atoms with van der Waals surface area (Å²) in [4.78, 5) is 16.3. The van der Waals surface area contributed by atoms with Gasteiger partial charge in [-0.3, -0.25) is 9.69 Å². The van der Waals surface area contributed by atoms with Gasteiger partial charge in [-0.1, -0.05) is 17.7 Å². The molecule has 1 saturated heterocycles.